The number of aliphatic hydroxyl groups excluding tert-OH is 1. The van der Waals surface area contributed by atoms with Gasteiger partial charge in [-0.3, -0.25) is 0 Å². The van der Waals surface area contributed by atoms with Crippen molar-refractivity contribution in [1.29, 1.82) is 0 Å². The molecule has 2 nitrogen and oxygen atoms in total. The van der Waals surface area contributed by atoms with E-state index in [1.54, 1.807) is 0 Å². The Hall–Kier alpha value is -0.520. The molecule has 1 aliphatic rings. The van der Waals surface area contributed by atoms with Crippen LogP contribution in [0.2, 0.25) is 0 Å². The van der Waals surface area contributed by atoms with Crippen LogP contribution in [0.25, 0.3) is 0 Å². The molecule has 0 saturated heterocycles. The fraction of sp³-hybridized carbons (Fsp3) is 0.818. The Kier molecular flexibility index (Phi) is 4.27. The average molecular weight is 182 g/mol. The fourth-order valence-electron chi connectivity index (χ4n) is 1.66. The van der Waals surface area contributed by atoms with E-state index in [1.807, 2.05) is 0 Å². The van der Waals surface area contributed by atoms with Gasteiger partial charge in [0.05, 0.1) is 0 Å². The zero-order valence-corrected chi connectivity index (χ0v) is 8.05. The van der Waals surface area contributed by atoms with Crippen molar-refractivity contribution in [2.24, 2.45) is 0 Å². The van der Waals surface area contributed by atoms with Crippen molar-refractivity contribution in [1.82, 2.24) is 0 Å². The van der Waals surface area contributed by atoms with Gasteiger partial charge < -0.3 is 10.2 Å². The van der Waals surface area contributed by atoms with Gasteiger partial charge >= 0.3 is 0 Å². The average Bonchev–Trinajstić information content (AvgIpc) is 2.14. The third kappa shape index (κ3) is 3.80. The van der Waals surface area contributed by atoms with Crippen molar-refractivity contribution in [2.75, 3.05) is 6.61 Å². The number of hydrogen-bond acceptors (Lipinski definition) is 2. The van der Waals surface area contributed by atoms with Crippen molar-refractivity contribution in [3.05, 3.63) is 0 Å². The molecule has 0 radical (unpaired) electrons. The van der Waals surface area contributed by atoms with Gasteiger partial charge in [-0.05, 0) is 32.1 Å². The third-order valence-corrected chi connectivity index (χ3v) is 2.46. The van der Waals surface area contributed by atoms with Crippen LogP contribution in [0.15, 0.2) is 0 Å². The second-order valence-electron chi connectivity index (χ2n) is 3.72. The summed E-state index contributed by atoms with van der Waals surface area (Å²) in [6.45, 7) is 0.188. The highest BCUT2D eigenvalue weighted by atomic mass is 16.3. The van der Waals surface area contributed by atoms with Gasteiger partial charge in [0.25, 0.3) is 0 Å². The predicted molar refractivity (Wildman–Crippen MR) is 52.1 cm³/mol. The maximum Gasteiger partial charge on any atom is 0.125 e. The van der Waals surface area contributed by atoms with Crippen LogP contribution in [0, 0.1) is 11.8 Å². The fourth-order valence-corrected chi connectivity index (χ4v) is 1.66. The summed E-state index contributed by atoms with van der Waals surface area (Å²) < 4.78 is 0. The lowest BCUT2D eigenvalue weighted by Crippen LogP contribution is -2.29. The van der Waals surface area contributed by atoms with Gasteiger partial charge in [-0.2, -0.15) is 0 Å². The molecule has 74 valence electrons. The predicted octanol–water partition coefficient (Wildman–Crippen LogP) is 1.46. The maximum atomic E-state index is 9.93. The quantitative estimate of drug-likeness (QED) is 0.501. The summed E-state index contributed by atoms with van der Waals surface area (Å²) in [6, 6.07) is 0. The molecule has 1 aliphatic carbocycles. The second-order valence-corrected chi connectivity index (χ2v) is 3.72. The van der Waals surface area contributed by atoms with Crippen LogP contribution >= 0.6 is 0 Å². The lowest BCUT2D eigenvalue weighted by atomic mass is 9.85. The molecule has 0 aromatic heterocycles. The lowest BCUT2D eigenvalue weighted by molar-refractivity contribution is 0.0609. The summed E-state index contributed by atoms with van der Waals surface area (Å²) >= 11 is 0. The van der Waals surface area contributed by atoms with Gasteiger partial charge in [-0.1, -0.05) is 12.3 Å². The van der Waals surface area contributed by atoms with Crippen molar-refractivity contribution in [3.8, 4) is 11.8 Å². The minimum Gasteiger partial charge on any atom is -0.396 e. The van der Waals surface area contributed by atoms with Gasteiger partial charge in [0.1, 0.15) is 5.60 Å². The molecule has 0 aliphatic heterocycles. The highest BCUT2D eigenvalue weighted by Gasteiger charge is 2.26. The molecule has 0 spiro atoms. The first-order chi connectivity index (χ1) is 6.27. The van der Waals surface area contributed by atoms with Crippen LogP contribution in [0.4, 0.5) is 0 Å². The molecule has 1 rings (SSSR count). The molecular formula is C11H18O2. The molecular weight excluding hydrogens is 164 g/mol. The third-order valence-electron chi connectivity index (χ3n) is 2.46. The molecule has 0 aromatic carbocycles. The van der Waals surface area contributed by atoms with Gasteiger partial charge in [0, 0.05) is 13.0 Å². The van der Waals surface area contributed by atoms with E-state index in [4.69, 9.17) is 5.11 Å². The van der Waals surface area contributed by atoms with E-state index in [1.165, 1.54) is 6.42 Å². The van der Waals surface area contributed by atoms with Crippen LogP contribution in [0.3, 0.4) is 0 Å². The van der Waals surface area contributed by atoms with Gasteiger partial charge in [-0.15, -0.1) is 5.92 Å². The van der Waals surface area contributed by atoms with E-state index in [-0.39, 0.29) is 6.61 Å². The Morgan fingerprint density at radius 1 is 1.15 bits per heavy atom. The Labute approximate surface area is 80.0 Å². The zero-order chi connectivity index (χ0) is 9.57. The summed E-state index contributed by atoms with van der Waals surface area (Å²) in [6.07, 6.45) is 6.44. The smallest absolute Gasteiger partial charge is 0.125 e. The Bertz CT molecular complexity index is 194. The van der Waals surface area contributed by atoms with E-state index >= 15 is 0 Å². The van der Waals surface area contributed by atoms with Crippen LogP contribution in [0.5, 0.6) is 0 Å². The SMILES string of the molecule is OCCCC#CC1(O)CCCCC1. The Morgan fingerprint density at radius 3 is 2.46 bits per heavy atom. The minimum absolute atomic E-state index is 0.188. The second kappa shape index (κ2) is 5.26. The lowest BCUT2D eigenvalue weighted by Gasteiger charge is -2.26. The summed E-state index contributed by atoms with van der Waals surface area (Å²) in [5.74, 6) is 5.86. The standard InChI is InChI=1S/C11H18O2/c12-10-6-2-5-9-11(13)7-3-1-4-8-11/h12-13H,1-4,6-8,10H2. The van der Waals surface area contributed by atoms with Gasteiger partial charge in [0.2, 0.25) is 0 Å². The minimum atomic E-state index is -0.715. The number of hydrogen-bond donors (Lipinski definition) is 2. The largest absolute Gasteiger partial charge is 0.396 e. The first-order valence-electron chi connectivity index (χ1n) is 5.10. The molecule has 2 N–H and O–H groups in total. The van der Waals surface area contributed by atoms with E-state index in [0.29, 0.717) is 12.8 Å². The summed E-state index contributed by atoms with van der Waals surface area (Å²) in [7, 11) is 0. The van der Waals surface area contributed by atoms with Crippen molar-refractivity contribution >= 4 is 0 Å². The van der Waals surface area contributed by atoms with E-state index in [9.17, 15) is 5.11 Å². The summed E-state index contributed by atoms with van der Waals surface area (Å²) in [4.78, 5) is 0. The Balaban J connectivity index is 2.33. The summed E-state index contributed by atoms with van der Waals surface area (Å²) in [5, 5.41) is 18.5. The summed E-state index contributed by atoms with van der Waals surface area (Å²) in [5.41, 5.74) is -0.715. The molecule has 0 amide bonds. The molecule has 13 heavy (non-hydrogen) atoms. The molecule has 1 saturated carbocycles. The van der Waals surface area contributed by atoms with Gasteiger partial charge in [0.15, 0.2) is 0 Å². The van der Waals surface area contributed by atoms with E-state index < -0.39 is 5.60 Å². The molecule has 0 heterocycles. The molecule has 1 fully saturated rings. The maximum absolute atomic E-state index is 9.93. The molecule has 0 unspecified atom stereocenters. The number of unbranched alkanes of at least 4 members (excludes halogenated alkanes) is 1. The number of aliphatic hydroxyl groups is 2. The van der Waals surface area contributed by atoms with Gasteiger partial charge in [-0.25, -0.2) is 0 Å². The molecule has 2 heteroatoms. The molecule has 0 bridgehead atoms. The monoisotopic (exact) mass is 182 g/mol. The van der Waals surface area contributed by atoms with Crippen molar-refractivity contribution < 1.29 is 10.2 Å². The highest BCUT2D eigenvalue weighted by molar-refractivity contribution is 5.14. The van der Waals surface area contributed by atoms with Crippen LogP contribution in [0.1, 0.15) is 44.9 Å². The first-order valence-corrected chi connectivity index (χ1v) is 5.10. The van der Waals surface area contributed by atoms with E-state index in [2.05, 4.69) is 11.8 Å². The first kappa shape index (κ1) is 10.6. The number of rotatable bonds is 2. The van der Waals surface area contributed by atoms with Crippen molar-refractivity contribution in [3.63, 3.8) is 0 Å². The van der Waals surface area contributed by atoms with Crippen LogP contribution in [-0.2, 0) is 0 Å². The van der Waals surface area contributed by atoms with E-state index in [0.717, 1.165) is 25.7 Å². The van der Waals surface area contributed by atoms with Crippen molar-refractivity contribution in [2.45, 2.75) is 50.5 Å². The normalized spacial score (nSPS) is 20.5. The Morgan fingerprint density at radius 2 is 1.85 bits per heavy atom. The van der Waals surface area contributed by atoms with Crippen LogP contribution < -0.4 is 0 Å². The topological polar surface area (TPSA) is 40.5 Å². The van der Waals surface area contributed by atoms with Crippen LogP contribution in [-0.4, -0.2) is 22.4 Å². The highest BCUT2D eigenvalue weighted by Crippen LogP contribution is 2.27. The molecule has 0 aromatic rings. The zero-order valence-electron chi connectivity index (χ0n) is 8.05. The molecule has 0 atom stereocenters.